The van der Waals surface area contributed by atoms with Gasteiger partial charge in [-0.2, -0.15) is 0 Å². The third-order valence-corrected chi connectivity index (χ3v) is 10.4. The number of carbonyl (C=O) groups excluding carboxylic acids is 1. The third-order valence-electron chi connectivity index (χ3n) is 9.73. The number of Topliss-reactive ketones (excluding diaryl/α,β-unsaturated/α-hetero) is 1. The monoisotopic (exact) mass is 645 g/mol. The maximum atomic E-state index is 12.9. The standard InChI is InChI=1S/C37H45Cl2N5O/c1-27-8-11-29(12-9-27)31-26-44(18-3-2-7-36(45)37(40)14-16-41-17-15-37)35-13-10-28(23-30(31)35)24-42-19-21-43(22-20-42)25-32-33(38)5-4-6-34(32)39/h4-6,8-13,23,26,41H,2-3,7,14-22,24-25,40H2,1H3. The second-order valence-corrected chi connectivity index (χ2v) is 13.8. The molecule has 2 fully saturated rings. The normalized spacial score (nSPS) is 17.6. The summed E-state index contributed by atoms with van der Waals surface area (Å²) in [7, 11) is 0. The molecule has 0 unspecified atom stereocenters. The van der Waals surface area contributed by atoms with E-state index in [2.05, 4.69) is 75.3 Å². The van der Waals surface area contributed by atoms with Gasteiger partial charge in [0.15, 0.2) is 5.78 Å². The molecule has 0 bridgehead atoms. The number of nitrogens with one attached hydrogen (secondary N) is 1. The van der Waals surface area contributed by atoms with Crippen molar-refractivity contribution in [3.8, 4) is 11.1 Å². The van der Waals surface area contributed by atoms with Crippen LogP contribution >= 0.6 is 23.2 Å². The minimum atomic E-state index is -0.642. The van der Waals surface area contributed by atoms with Crippen molar-refractivity contribution >= 4 is 39.9 Å². The van der Waals surface area contributed by atoms with Gasteiger partial charge in [-0.1, -0.05) is 65.2 Å². The molecule has 0 radical (unpaired) electrons. The van der Waals surface area contributed by atoms with Gasteiger partial charge < -0.3 is 15.6 Å². The van der Waals surface area contributed by atoms with Crippen LogP contribution in [0.3, 0.4) is 0 Å². The highest BCUT2D eigenvalue weighted by Gasteiger charge is 2.34. The minimum absolute atomic E-state index is 0.222. The number of halogens is 2. The van der Waals surface area contributed by atoms with Crippen LogP contribution in [0.1, 0.15) is 48.8 Å². The summed E-state index contributed by atoms with van der Waals surface area (Å²) in [4.78, 5) is 17.9. The molecule has 3 N–H and O–H groups in total. The topological polar surface area (TPSA) is 66.5 Å². The van der Waals surface area contributed by atoms with Gasteiger partial charge in [0, 0.05) is 90.5 Å². The van der Waals surface area contributed by atoms with Crippen molar-refractivity contribution in [3.63, 3.8) is 0 Å². The number of rotatable bonds is 11. The number of nitrogens with two attached hydrogens (primary N) is 1. The number of benzene rings is 3. The zero-order valence-corrected chi connectivity index (χ0v) is 27.8. The molecule has 3 heterocycles. The molecule has 0 saturated carbocycles. The van der Waals surface area contributed by atoms with Crippen molar-refractivity contribution in [2.75, 3.05) is 39.3 Å². The highest BCUT2D eigenvalue weighted by atomic mass is 35.5. The van der Waals surface area contributed by atoms with Crippen LogP contribution < -0.4 is 11.1 Å². The quantitative estimate of drug-likeness (QED) is 0.171. The summed E-state index contributed by atoms with van der Waals surface area (Å²) < 4.78 is 2.38. The largest absolute Gasteiger partial charge is 0.347 e. The molecule has 0 atom stereocenters. The molecule has 0 spiro atoms. The Balaban J connectivity index is 1.12. The Labute approximate surface area is 277 Å². The van der Waals surface area contributed by atoms with Crippen LogP contribution in [0.5, 0.6) is 0 Å². The summed E-state index contributed by atoms with van der Waals surface area (Å²) in [5, 5.41) is 6.08. The number of piperidine rings is 1. The van der Waals surface area contributed by atoms with Gasteiger partial charge in [0.05, 0.1) is 5.54 Å². The first kappa shape index (κ1) is 32.2. The number of unbranched alkanes of at least 4 members (excludes halogenated alkanes) is 1. The van der Waals surface area contributed by atoms with Gasteiger partial charge in [-0.25, -0.2) is 0 Å². The summed E-state index contributed by atoms with van der Waals surface area (Å²) >= 11 is 12.9. The molecule has 45 heavy (non-hydrogen) atoms. The predicted molar refractivity (Wildman–Crippen MR) is 187 cm³/mol. The summed E-state index contributed by atoms with van der Waals surface area (Å²) in [6, 6.07) is 21.5. The van der Waals surface area contributed by atoms with Gasteiger partial charge in [0.25, 0.3) is 0 Å². The molecule has 2 saturated heterocycles. The Kier molecular flexibility index (Phi) is 10.3. The molecular weight excluding hydrogens is 601 g/mol. The van der Waals surface area contributed by atoms with Gasteiger partial charge in [-0.15, -0.1) is 0 Å². The van der Waals surface area contributed by atoms with Gasteiger partial charge in [-0.05, 0) is 81.1 Å². The van der Waals surface area contributed by atoms with Gasteiger partial charge in [0.1, 0.15) is 0 Å². The van der Waals surface area contributed by atoms with E-state index in [1.807, 2.05) is 18.2 Å². The van der Waals surface area contributed by atoms with Crippen LogP contribution in [0.4, 0.5) is 0 Å². The van der Waals surface area contributed by atoms with Crippen molar-refractivity contribution in [3.05, 3.63) is 93.6 Å². The van der Waals surface area contributed by atoms with E-state index < -0.39 is 5.54 Å². The summed E-state index contributed by atoms with van der Waals surface area (Å²) in [6.45, 7) is 10.4. The summed E-state index contributed by atoms with van der Waals surface area (Å²) in [6.07, 6.45) is 6.15. The lowest BCUT2D eigenvalue weighted by molar-refractivity contribution is -0.125. The SMILES string of the molecule is Cc1ccc(-c2cn(CCCCC(=O)C3(N)CCNCC3)c3ccc(CN4CCN(Cc5c(Cl)cccc5Cl)CC4)cc23)cc1. The lowest BCUT2D eigenvalue weighted by Gasteiger charge is -2.35. The minimum Gasteiger partial charge on any atom is -0.347 e. The van der Waals surface area contributed by atoms with E-state index in [9.17, 15) is 4.79 Å². The Hall–Kier alpha value is -2.71. The zero-order valence-electron chi connectivity index (χ0n) is 26.3. The van der Waals surface area contributed by atoms with Crippen LogP contribution in [0.2, 0.25) is 10.0 Å². The van der Waals surface area contributed by atoms with Crippen molar-refractivity contribution in [2.24, 2.45) is 5.73 Å². The van der Waals surface area contributed by atoms with Gasteiger partial charge in [-0.3, -0.25) is 14.6 Å². The summed E-state index contributed by atoms with van der Waals surface area (Å²) in [5.41, 5.74) is 13.2. The molecule has 8 heteroatoms. The molecule has 2 aliphatic rings. The zero-order chi connectivity index (χ0) is 31.4. The molecule has 0 amide bonds. The van der Waals surface area contributed by atoms with Crippen LogP contribution in [0.15, 0.2) is 66.9 Å². The molecule has 6 nitrogen and oxygen atoms in total. The molecular formula is C37H45Cl2N5O. The highest BCUT2D eigenvalue weighted by molar-refractivity contribution is 6.36. The number of piperazine rings is 1. The lowest BCUT2D eigenvalue weighted by atomic mass is 9.83. The number of nitrogens with zero attached hydrogens (tertiary/aromatic N) is 3. The van der Waals surface area contributed by atoms with E-state index in [-0.39, 0.29) is 5.78 Å². The molecule has 4 aromatic rings. The van der Waals surface area contributed by atoms with Crippen molar-refractivity contribution in [1.29, 1.82) is 0 Å². The van der Waals surface area contributed by atoms with Crippen molar-refractivity contribution < 1.29 is 4.79 Å². The number of hydrogen-bond acceptors (Lipinski definition) is 5. The molecule has 3 aromatic carbocycles. The lowest BCUT2D eigenvalue weighted by Crippen LogP contribution is -2.54. The van der Waals surface area contributed by atoms with Crippen LogP contribution in [-0.2, 0) is 24.4 Å². The Morgan fingerprint density at radius 1 is 0.889 bits per heavy atom. The number of aromatic nitrogens is 1. The van der Waals surface area contributed by atoms with E-state index in [1.165, 1.54) is 33.2 Å². The van der Waals surface area contributed by atoms with E-state index in [4.69, 9.17) is 28.9 Å². The maximum absolute atomic E-state index is 12.9. The third kappa shape index (κ3) is 7.65. The maximum Gasteiger partial charge on any atom is 0.152 e. The van der Waals surface area contributed by atoms with Gasteiger partial charge in [0.2, 0.25) is 0 Å². The Bertz CT molecular complexity index is 1600. The fourth-order valence-corrected chi connectivity index (χ4v) is 7.35. The molecule has 238 valence electrons. The fourth-order valence-electron chi connectivity index (χ4n) is 6.83. The number of fused-ring (bicyclic) bond motifs is 1. The number of hydrogen-bond donors (Lipinski definition) is 2. The van der Waals surface area contributed by atoms with Crippen LogP contribution in [-0.4, -0.2) is 65.0 Å². The first-order valence-electron chi connectivity index (χ1n) is 16.4. The Morgan fingerprint density at radius 3 is 2.24 bits per heavy atom. The van der Waals surface area contributed by atoms with Gasteiger partial charge >= 0.3 is 0 Å². The molecule has 0 aliphatic carbocycles. The number of carbonyl (C=O) groups is 1. The van der Waals surface area contributed by atoms with E-state index in [0.29, 0.717) is 6.42 Å². The molecule has 6 rings (SSSR count). The summed E-state index contributed by atoms with van der Waals surface area (Å²) in [5.74, 6) is 0.222. The average Bonchev–Trinajstić information content (AvgIpc) is 3.40. The van der Waals surface area contributed by atoms with Crippen molar-refractivity contribution in [2.45, 2.75) is 64.2 Å². The number of aryl methyl sites for hydroxylation is 2. The van der Waals surface area contributed by atoms with E-state index >= 15 is 0 Å². The number of ketones is 1. The first-order valence-corrected chi connectivity index (χ1v) is 17.1. The first-order chi connectivity index (χ1) is 21.8. The highest BCUT2D eigenvalue weighted by Crippen LogP contribution is 2.33. The second-order valence-electron chi connectivity index (χ2n) is 13.0. The van der Waals surface area contributed by atoms with Crippen LogP contribution in [0, 0.1) is 6.92 Å². The fraction of sp³-hybridized carbons (Fsp3) is 0.432. The molecule has 2 aliphatic heterocycles. The van der Waals surface area contributed by atoms with Crippen LogP contribution in [0.25, 0.3) is 22.0 Å². The van der Waals surface area contributed by atoms with E-state index in [1.54, 1.807) is 0 Å². The Morgan fingerprint density at radius 2 is 1.56 bits per heavy atom. The van der Waals surface area contributed by atoms with E-state index in [0.717, 1.165) is 100 Å². The smallest absolute Gasteiger partial charge is 0.152 e. The van der Waals surface area contributed by atoms with Crippen molar-refractivity contribution in [1.82, 2.24) is 19.7 Å². The average molecular weight is 647 g/mol. The predicted octanol–water partition coefficient (Wildman–Crippen LogP) is 7.06. The molecule has 1 aromatic heterocycles. The second kappa shape index (κ2) is 14.4.